The second kappa shape index (κ2) is 5.81. The molecule has 1 unspecified atom stereocenters. The standard InChI is InChI=1S/C4H13ClOSi2/c1-6-8(7)4-2-3-5/h8H,2-4H2,1,7H3. The molecular weight excluding hydrogens is 156 g/mol. The molecule has 0 saturated heterocycles. The highest BCUT2D eigenvalue weighted by molar-refractivity contribution is 6.99. The molecule has 8 heavy (non-hydrogen) atoms. The molecular formula is C4H13ClOSi2. The van der Waals surface area contributed by atoms with E-state index in [1.807, 2.05) is 7.11 Å². The second-order valence-electron chi connectivity index (χ2n) is 1.88. The third kappa shape index (κ3) is 4.83. The first-order valence-electron chi connectivity index (χ1n) is 2.90. The molecule has 0 aliphatic heterocycles. The summed E-state index contributed by atoms with van der Waals surface area (Å²) in [4.78, 5) is 0. The minimum Gasteiger partial charge on any atom is -0.428 e. The van der Waals surface area contributed by atoms with E-state index in [1.165, 1.54) is 15.8 Å². The van der Waals surface area contributed by atoms with Crippen LogP contribution in [0.25, 0.3) is 0 Å². The maximum atomic E-state index is 5.48. The van der Waals surface area contributed by atoms with Gasteiger partial charge in [-0.05, 0) is 12.5 Å². The molecule has 50 valence electrons. The average molecular weight is 169 g/mol. The summed E-state index contributed by atoms with van der Waals surface area (Å²) in [6.45, 7) is 0. The third-order valence-corrected chi connectivity index (χ3v) is 6.59. The summed E-state index contributed by atoms with van der Waals surface area (Å²) in [7, 11) is 2.44. The van der Waals surface area contributed by atoms with Gasteiger partial charge in [-0.25, -0.2) is 0 Å². The van der Waals surface area contributed by atoms with Crippen LogP contribution in [0.15, 0.2) is 0 Å². The Bertz CT molecular complexity index is 53.3. The van der Waals surface area contributed by atoms with Crippen LogP contribution < -0.4 is 0 Å². The Hall–Kier alpha value is 0.684. The lowest BCUT2D eigenvalue weighted by Gasteiger charge is -2.03. The predicted molar refractivity (Wildman–Crippen MR) is 44.2 cm³/mol. The summed E-state index contributed by atoms with van der Waals surface area (Å²) in [6, 6.07) is 1.27. The van der Waals surface area contributed by atoms with E-state index >= 15 is 0 Å². The van der Waals surface area contributed by atoms with Crippen LogP contribution >= 0.6 is 11.6 Å². The summed E-state index contributed by atoms with van der Waals surface area (Å²) in [5, 5.41) is 0. The van der Waals surface area contributed by atoms with Crippen LogP contribution in [0.5, 0.6) is 0 Å². The van der Waals surface area contributed by atoms with Crippen molar-refractivity contribution in [2.45, 2.75) is 12.5 Å². The summed E-state index contributed by atoms with van der Waals surface area (Å²) in [5.41, 5.74) is 0. The quantitative estimate of drug-likeness (QED) is 0.419. The van der Waals surface area contributed by atoms with E-state index in [2.05, 4.69) is 0 Å². The molecule has 1 atom stereocenters. The number of rotatable bonds is 4. The molecule has 0 aromatic carbocycles. The molecule has 0 aliphatic carbocycles. The van der Waals surface area contributed by atoms with E-state index in [9.17, 15) is 0 Å². The summed E-state index contributed by atoms with van der Waals surface area (Å²) in [6.07, 6.45) is 1.15. The fourth-order valence-corrected chi connectivity index (χ4v) is 3.14. The normalized spacial score (nSPS) is 14.2. The lowest BCUT2D eigenvalue weighted by molar-refractivity contribution is 0.433. The first-order valence-corrected chi connectivity index (χ1v) is 9.34. The van der Waals surface area contributed by atoms with Gasteiger partial charge in [0.2, 0.25) is 0 Å². The van der Waals surface area contributed by atoms with Crippen LogP contribution in [0.1, 0.15) is 6.42 Å². The molecule has 0 bridgehead atoms. The van der Waals surface area contributed by atoms with Gasteiger partial charge >= 0.3 is 0 Å². The van der Waals surface area contributed by atoms with Gasteiger partial charge < -0.3 is 4.43 Å². The van der Waals surface area contributed by atoms with Gasteiger partial charge in [0.1, 0.15) is 0 Å². The first-order chi connectivity index (χ1) is 3.81. The highest BCUT2D eigenvalue weighted by atomic mass is 35.5. The van der Waals surface area contributed by atoms with Crippen molar-refractivity contribution in [1.29, 1.82) is 0 Å². The van der Waals surface area contributed by atoms with Crippen molar-refractivity contribution in [3.63, 3.8) is 0 Å². The van der Waals surface area contributed by atoms with E-state index < -0.39 is 8.56 Å². The molecule has 0 spiro atoms. The number of hydrogen-bond acceptors (Lipinski definition) is 1. The molecule has 0 heterocycles. The van der Waals surface area contributed by atoms with Crippen molar-refractivity contribution in [3.05, 3.63) is 0 Å². The van der Waals surface area contributed by atoms with Crippen LogP contribution in [-0.2, 0) is 4.43 Å². The fraction of sp³-hybridized carbons (Fsp3) is 1.00. The summed E-state index contributed by atoms with van der Waals surface area (Å²) < 4.78 is 5.19. The van der Waals surface area contributed by atoms with Gasteiger partial charge in [-0.3, -0.25) is 0 Å². The molecule has 0 amide bonds. The molecule has 0 aliphatic rings. The second-order valence-corrected chi connectivity index (χ2v) is 8.79. The van der Waals surface area contributed by atoms with Gasteiger partial charge in [-0.15, -0.1) is 11.6 Å². The van der Waals surface area contributed by atoms with E-state index in [4.69, 9.17) is 16.0 Å². The van der Waals surface area contributed by atoms with Crippen LogP contribution in [-0.4, -0.2) is 31.3 Å². The monoisotopic (exact) mass is 168 g/mol. The minimum absolute atomic E-state index is 0.645. The number of alkyl halides is 1. The number of hydrogen-bond donors (Lipinski definition) is 0. The van der Waals surface area contributed by atoms with Crippen molar-refractivity contribution < 1.29 is 4.43 Å². The molecule has 1 nitrogen and oxygen atoms in total. The lowest BCUT2D eigenvalue weighted by atomic mass is 10.6. The van der Waals surface area contributed by atoms with Crippen LogP contribution in [0.4, 0.5) is 0 Å². The highest BCUT2D eigenvalue weighted by Gasteiger charge is 1.98. The van der Waals surface area contributed by atoms with Gasteiger partial charge in [0.05, 0.1) is 0 Å². The molecule has 0 fully saturated rings. The van der Waals surface area contributed by atoms with Crippen molar-refractivity contribution >= 4 is 29.9 Å². The predicted octanol–water partition coefficient (Wildman–Crippen LogP) is -0.152. The number of halogens is 1. The van der Waals surface area contributed by atoms with Gasteiger partial charge in [0.25, 0.3) is 0 Å². The third-order valence-electron chi connectivity index (χ3n) is 1.15. The average Bonchev–Trinajstić information content (AvgIpc) is 1.83. The Morgan fingerprint density at radius 1 is 1.75 bits per heavy atom. The molecule has 0 aromatic rings. The maximum Gasteiger partial charge on any atom is 0.153 e. The summed E-state index contributed by atoms with van der Waals surface area (Å²) >= 11 is 5.48. The molecule has 4 heteroatoms. The Morgan fingerprint density at radius 3 is 2.75 bits per heavy atom. The molecule has 0 saturated carbocycles. The molecule has 0 radical (unpaired) electrons. The molecule has 0 aromatic heterocycles. The van der Waals surface area contributed by atoms with Crippen LogP contribution in [0, 0.1) is 0 Å². The van der Waals surface area contributed by atoms with Crippen LogP contribution in [0.3, 0.4) is 0 Å². The van der Waals surface area contributed by atoms with Gasteiger partial charge in [-0.2, -0.15) is 0 Å². The zero-order valence-electron chi connectivity index (χ0n) is 5.48. The zero-order chi connectivity index (χ0) is 6.41. The molecule has 0 rings (SSSR count). The van der Waals surface area contributed by atoms with Gasteiger partial charge in [-0.1, -0.05) is 0 Å². The Morgan fingerprint density at radius 2 is 2.38 bits per heavy atom. The maximum absolute atomic E-state index is 5.48. The lowest BCUT2D eigenvalue weighted by Crippen LogP contribution is -2.15. The van der Waals surface area contributed by atoms with E-state index in [0.717, 1.165) is 12.3 Å². The van der Waals surface area contributed by atoms with Crippen molar-refractivity contribution in [2.24, 2.45) is 0 Å². The topological polar surface area (TPSA) is 9.23 Å². The van der Waals surface area contributed by atoms with Gasteiger partial charge in [0.15, 0.2) is 8.56 Å². The van der Waals surface area contributed by atoms with Gasteiger partial charge in [0, 0.05) is 22.7 Å². The van der Waals surface area contributed by atoms with E-state index in [0.29, 0.717) is 0 Å². The Labute approximate surface area is 60.3 Å². The zero-order valence-corrected chi connectivity index (χ0v) is 9.40. The van der Waals surface area contributed by atoms with E-state index in [1.54, 1.807) is 0 Å². The largest absolute Gasteiger partial charge is 0.428 e. The SMILES string of the molecule is CO[SiH]([SiH3])CCCCl. The van der Waals surface area contributed by atoms with Crippen molar-refractivity contribution in [2.75, 3.05) is 13.0 Å². The molecule has 0 N–H and O–H groups in total. The first kappa shape index (κ1) is 8.68. The smallest absolute Gasteiger partial charge is 0.153 e. The van der Waals surface area contributed by atoms with Crippen molar-refractivity contribution in [1.82, 2.24) is 0 Å². The highest BCUT2D eigenvalue weighted by Crippen LogP contribution is 1.95. The van der Waals surface area contributed by atoms with Crippen LogP contribution in [0.2, 0.25) is 6.04 Å². The van der Waals surface area contributed by atoms with E-state index in [-0.39, 0.29) is 0 Å². The fourth-order valence-electron chi connectivity index (χ4n) is 0.482. The Kier molecular flexibility index (Phi) is 6.31. The van der Waals surface area contributed by atoms with Crippen molar-refractivity contribution in [3.8, 4) is 0 Å². The minimum atomic E-state index is -0.645. The Balaban J connectivity index is 2.86. The summed E-state index contributed by atoms with van der Waals surface area (Å²) in [5.74, 6) is 0.801.